The van der Waals surface area contributed by atoms with Gasteiger partial charge < -0.3 is 4.90 Å². The predicted molar refractivity (Wildman–Crippen MR) is 70.0 cm³/mol. The van der Waals surface area contributed by atoms with Gasteiger partial charge in [0.1, 0.15) is 0 Å². The summed E-state index contributed by atoms with van der Waals surface area (Å²) in [5.41, 5.74) is 2.65. The van der Waals surface area contributed by atoms with Crippen LogP contribution in [0.3, 0.4) is 0 Å². The van der Waals surface area contributed by atoms with Gasteiger partial charge in [-0.2, -0.15) is 0 Å². The number of pyridine rings is 1. The van der Waals surface area contributed by atoms with Crippen LogP contribution in [-0.4, -0.2) is 11.5 Å². The third-order valence-corrected chi connectivity index (χ3v) is 3.41. The Morgan fingerprint density at radius 1 is 1.06 bits per heavy atom. The van der Waals surface area contributed by atoms with E-state index in [0.717, 1.165) is 6.54 Å². The normalized spacial score (nSPS) is 19.5. The first-order valence-electron chi connectivity index (χ1n) is 6.17. The lowest BCUT2D eigenvalue weighted by molar-refractivity contribution is 0.718. The minimum atomic E-state index is 0.514. The maximum atomic E-state index is 4.22. The highest BCUT2D eigenvalue weighted by atomic mass is 15.2. The smallest absolute Gasteiger partial charge is 0.0557 e. The highest BCUT2D eigenvalue weighted by molar-refractivity contribution is 5.48. The van der Waals surface area contributed by atoms with Gasteiger partial charge in [0.15, 0.2) is 0 Å². The van der Waals surface area contributed by atoms with E-state index in [1.165, 1.54) is 24.1 Å². The molecule has 1 saturated heterocycles. The van der Waals surface area contributed by atoms with Crippen LogP contribution in [0.25, 0.3) is 0 Å². The first-order chi connectivity index (χ1) is 8.45. The molecular formula is C15H16N2. The minimum Gasteiger partial charge on any atom is -0.363 e. The van der Waals surface area contributed by atoms with Crippen LogP contribution in [0, 0.1) is 0 Å². The van der Waals surface area contributed by atoms with Crippen molar-refractivity contribution in [3.63, 3.8) is 0 Å². The number of hydrogen-bond donors (Lipinski definition) is 0. The Hall–Kier alpha value is -1.83. The highest BCUT2D eigenvalue weighted by Crippen LogP contribution is 2.35. The molecule has 0 radical (unpaired) electrons. The Labute approximate surface area is 102 Å². The molecule has 3 rings (SSSR count). The molecule has 0 aliphatic carbocycles. The molecule has 2 aromatic rings. The van der Waals surface area contributed by atoms with Crippen molar-refractivity contribution in [2.75, 3.05) is 11.4 Å². The van der Waals surface area contributed by atoms with Gasteiger partial charge in [0.05, 0.1) is 17.9 Å². The van der Waals surface area contributed by atoms with Gasteiger partial charge in [0.2, 0.25) is 0 Å². The van der Waals surface area contributed by atoms with Crippen molar-refractivity contribution in [2.45, 2.75) is 18.9 Å². The molecule has 1 atom stereocenters. The van der Waals surface area contributed by atoms with Crippen molar-refractivity contribution < 1.29 is 0 Å². The van der Waals surface area contributed by atoms with Crippen molar-refractivity contribution in [3.05, 3.63) is 60.4 Å². The quantitative estimate of drug-likeness (QED) is 0.777. The third kappa shape index (κ3) is 2.03. The van der Waals surface area contributed by atoms with Gasteiger partial charge in [0, 0.05) is 12.7 Å². The molecule has 2 heterocycles. The molecule has 17 heavy (non-hydrogen) atoms. The Kier molecular flexibility index (Phi) is 2.78. The van der Waals surface area contributed by atoms with E-state index in [4.69, 9.17) is 0 Å². The second kappa shape index (κ2) is 4.58. The van der Waals surface area contributed by atoms with Gasteiger partial charge in [-0.1, -0.05) is 30.3 Å². The highest BCUT2D eigenvalue weighted by Gasteiger charge is 2.25. The molecule has 1 aromatic heterocycles. The van der Waals surface area contributed by atoms with E-state index in [2.05, 4.69) is 46.3 Å². The fourth-order valence-corrected chi connectivity index (χ4v) is 2.62. The van der Waals surface area contributed by atoms with E-state index in [1.807, 2.05) is 18.5 Å². The molecule has 0 saturated carbocycles. The number of rotatable bonds is 2. The molecule has 0 spiro atoms. The van der Waals surface area contributed by atoms with Crippen molar-refractivity contribution in [2.24, 2.45) is 0 Å². The number of nitrogens with zero attached hydrogens (tertiary/aromatic N) is 2. The fourth-order valence-electron chi connectivity index (χ4n) is 2.62. The lowest BCUT2D eigenvalue weighted by atomic mass is 10.0. The fraction of sp³-hybridized carbons (Fsp3) is 0.267. The van der Waals surface area contributed by atoms with Crippen LogP contribution in [0.5, 0.6) is 0 Å². The maximum Gasteiger partial charge on any atom is 0.0557 e. The molecule has 0 bridgehead atoms. The summed E-state index contributed by atoms with van der Waals surface area (Å²) in [4.78, 5) is 6.68. The predicted octanol–water partition coefficient (Wildman–Crippen LogP) is 3.42. The van der Waals surface area contributed by atoms with Gasteiger partial charge in [-0.3, -0.25) is 4.98 Å². The summed E-state index contributed by atoms with van der Waals surface area (Å²) >= 11 is 0. The summed E-state index contributed by atoms with van der Waals surface area (Å²) in [6.07, 6.45) is 6.28. The van der Waals surface area contributed by atoms with Crippen LogP contribution in [0.1, 0.15) is 24.4 Å². The van der Waals surface area contributed by atoms with E-state index in [1.54, 1.807) is 0 Å². The number of benzene rings is 1. The van der Waals surface area contributed by atoms with Crippen LogP contribution >= 0.6 is 0 Å². The Morgan fingerprint density at radius 2 is 1.94 bits per heavy atom. The zero-order valence-corrected chi connectivity index (χ0v) is 9.79. The number of anilines is 1. The average molecular weight is 224 g/mol. The Balaban J connectivity index is 1.91. The van der Waals surface area contributed by atoms with E-state index < -0.39 is 0 Å². The summed E-state index contributed by atoms with van der Waals surface area (Å²) in [5, 5.41) is 0. The maximum absolute atomic E-state index is 4.22. The van der Waals surface area contributed by atoms with Crippen LogP contribution in [-0.2, 0) is 0 Å². The van der Waals surface area contributed by atoms with E-state index in [0.29, 0.717) is 6.04 Å². The molecular weight excluding hydrogens is 208 g/mol. The standard InChI is InChI=1S/C15H16N2/c1-2-6-13(7-3-1)15-9-5-11-17(15)14-8-4-10-16-12-14/h1-4,6-8,10,12,15H,5,9,11H2. The molecule has 0 amide bonds. The van der Waals surface area contributed by atoms with Crippen LogP contribution in [0.2, 0.25) is 0 Å². The monoisotopic (exact) mass is 224 g/mol. The van der Waals surface area contributed by atoms with Crippen molar-refractivity contribution in [1.29, 1.82) is 0 Å². The van der Waals surface area contributed by atoms with Gasteiger partial charge in [0.25, 0.3) is 0 Å². The second-order valence-electron chi connectivity index (χ2n) is 4.47. The molecule has 1 fully saturated rings. The molecule has 1 unspecified atom stereocenters. The van der Waals surface area contributed by atoms with Gasteiger partial charge >= 0.3 is 0 Å². The second-order valence-corrected chi connectivity index (χ2v) is 4.47. The molecule has 1 aliphatic heterocycles. The SMILES string of the molecule is c1ccc(C2CCCN2c2cccnc2)cc1. The zero-order valence-electron chi connectivity index (χ0n) is 9.79. The molecule has 1 aromatic carbocycles. The number of hydrogen-bond acceptors (Lipinski definition) is 2. The summed E-state index contributed by atoms with van der Waals surface area (Å²) in [5.74, 6) is 0. The topological polar surface area (TPSA) is 16.1 Å². The first kappa shape index (κ1) is 10.3. The molecule has 2 nitrogen and oxygen atoms in total. The summed E-state index contributed by atoms with van der Waals surface area (Å²) in [7, 11) is 0. The lowest BCUT2D eigenvalue weighted by Gasteiger charge is -2.26. The zero-order chi connectivity index (χ0) is 11.5. The molecule has 2 heteroatoms. The van der Waals surface area contributed by atoms with Crippen LogP contribution < -0.4 is 4.90 Å². The van der Waals surface area contributed by atoms with Crippen molar-refractivity contribution >= 4 is 5.69 Å². The van der Waals surface area contributed by atoms with Gasteiger partial charge in [-0.05, 0) is 30.5 Å². The number of aromatic nitrogens is 1. The minimum absolute atomic E-state index is 0.514. The Bertz CT molecular complexity index is 421. The van der Waals surface area contributed by atoms with Crippen LogP contribution in [0.15, 0.2) is 54.9 Å². The van der Waals surface area contributed by atoms with E-state index in [-0.39, 0.29) is 0 Å². The van der Waals surface area contributed by atoms with Crippen LogP contribution in [0.4, 0.5) is 5.69 Å². The lowest BCUT2D eigenvalue weighted by Crippen LogP contribution is -2.22. The third-order valence-electron chi connectivity index (χ3n) is 3.41. The van der Waals surface area contributed by atoms with E-state index >= 15 is 0 Å². The van der Waals surface area contributed by atoms with E-state index in [9.17, 15) is 0 Å². The van der Waals surface area contributed by atoms with Gasteiger partial charge in [-0.25, -0.2) is 0 Å². The first-order valence-corrected chi connectivity index (χ1v) is 6.17. The largest absolute Gasteiger partial charge is 0.363 e. The Morgan fingerprint density at radius 3 is 2.71 bits per heavy atom. The summed E-state index contributed by atoms with van der Waals surface area (Å²) in [6.45, 7) is 1.13. The van der Waals surface area contributed by atoms with Gasteiger partial charge in [-0.15, -0.1) is 0 Å². The molecule has 86 valence electrons. The molecule has 0 N–H and O–H groups in total. The molecule has 1 aliphatic rings. The average Bonchev–Trinajstić information content (AvgIpc) is 2.90. The summed E-state index contributed by atoms with van der Waals surface area (Å²) < 4.78 is 0. The van der Waals surface area contributed by atoms with Crippen molar-refractivity contribution in [1.82, 2.24) is 4.98 Å². The van der Waals surface area contributed by atoms with Crippen molar-refractivity contribution in [3.8, 4) is 0 Å². The summed E-state index contributed by atoms with van der Waals surface area (Å²) in [6, 6.07) is 15.4.